The van der Waals surface area contributed by atoms with Crippen molar-refractivity contribution in [2.45, 2.75) is 63.7 Å². The molecule has 21 heavy (non-hydrogen) atoms. The van der Waals surface area contributed by atoms with E-state index in [0.29, 0.717) is 6.04 Å². The van der Waals surface area contributed by atoms with Gasteiger partial charge in [-0.25, -0.2) is 0 Å². The lowest BCUT2D eigenvalue weighted by Gasteiger charge is -2.29. The van der Waals surface area contributed by atoms with Crippen molar-refractivity contribution in [1.82, 2.24) is 10.2 Å². The van der Waals surface area contributed by atoms with Crippen LogP contribution in [-0.4, -0.2) is 34.7 Å². The molecule has 0 spiro atoms. The predicted octanol–water partition coefficient (Wildman–Crippen LogP) is 2.68. The van der Waals surface area contributed by atoms with Gasteiger partial charge in [0.1, 0.15) is 0 Å². The zero-order valence-corrected chi connectivity index (χ0v) is 13.1. The maximum Gasteiger partial charge on any atom is 0.0610 e. The van der Waals surface area contributed by atoms with Crippen molar-refractivity contribution in [1.29, 1.82) is 0 Å². The van der Waals surface area contributed by atoms with Gasteiger partial charge in [0.2, 0.25) is 0 Å². The van der Waals surface area contributed by atoms with Crippen molar-refractivity contribution >= 4 is 0 Å². The Hall–Kier alpha value is -0.900. The molecule has 1 unspecified atom stereocenters. The van der Waals surface area contributed by atoms with Crippen LogP contribution in [0.2, 0.25) is 0 Å². The fraction of sp³-hybridized carbons (Fsp3) is 0.667. The van der Waals surface area contributed by atoms with Gasteiger partial charge in [-0.2, -0.15) is 0 Å². The van der Waals surface area contributed by atoms with Crippen molar-refractivity contribution in [3.05, 3.63) is 35.4 Å². The molecule has 2 N–H and O–H groups in total. The first kappa shape index (κ1) is 15.0. The highest BCUT2D eigenvalue weighted by molar-refractivity contribution is 5.30. The Morgan fingerprint density at radius 3 is 2.43 bits per heavy atom. The smallest absolute Gasteiger partial charge is 0.0610 e. The minimum atomic E-state index is -0.0743. The number of aliphatic hydroxyl groups is 1. The minimum absolute atomic E-state index is 0.0743. The standard InChI is InChI=1S/C18H28N2O/c1-18(14-21,19-17-8-9-17)10-4-5-11-20-12-15-6-2-3-7-16(15)13-20/h2-3,6-7,17,19,21H,4-5,8-14H2,1H3. The Bertz CT molecular complexity index is 447. The maximum absolute atomic E-state index is 9.62. The average Bonchev–Trinajstić information content (AvgIpc) is 3.19. The summed E-state index contributed by atoms with van der Waals surface area (Å²) < 4.78 is 0. The molecule has 1 aromatic rings. The Morgan fingerprint density at radius 2 is 1.86 bits per heavy atom. The Morgan fingerprint density at radius 1 is 1.19 bits per heavy atom. The number of nitrogens with zero attached hydrogens (tertiary/aromatic N) is 1. The van der Waals surface area contributed by atoms with E-state index in [2.05, 4.69) is 41.4 Å². The average molecular weight is 288 g/mol. The first-order valence-electron chi connectivity index (χ1n) is 8.36. The van der Waals surface area contributed by atoms with Gasteiger partial charge in [-0.15, -0.1) is 0 Å². The van der Waals surface area contributed by atoms with E-state index in [4.69, 9.17) is 0 Å². The molecule has 0 radical (unpaired) electrons. The minimum Gasteiger partial charge on any atom is -0.394 e. The van der Waals surface area contributed by atoms with E-state index in [-0.39, 0.29) is 12.1 Å². The molecule has 2 aliphatic rings. The van der Waals surface area contributed by atoms with Gasteiger partial charge in [0, 0.05) is 24.7 Å². The Balaban J connectivity index is 1.37. The van der Waals surface area contributed by atoms with E-state index in [1.165, 1.54) is 43.4 Å². The van der Waals surface area contributed by atoms with Crippen LogP contribution in [0.25, 0.3) is 0 Å². The summed E-state index contributed by atoms with van der Waals surface area (Å²) in [5, 5.41) is 13.2. The monoisotopic (exact) mass is 288 g/mol. The molecule has 1 saturated carbocycles. The van der Waals surface area contributed by atoms with E-state index < -0.39 is 0 Å². The summed E-state index contributed by atoms with van der Waals surface area (Å²) in [5.41, 5.74) is 2.91. The van der Waals surface area contributed by atoms with Crippen LogP contribution >= 0.6 is 0 Å². The fourth-order valence-corrected chi connectivity index (χ4v) is 3.33. The second-order valence-electron chi connectivity index (χ2n) is 7.07. The summed E-state index contributed by atoms with van der Waals surface area (Å²) in [6, 6.07) is 9.43. The zero-order chi connectivity index (χ0) is 14.7. The van der Waals surface area contributed by atoms with E-state index in [9.17, 15) is 5.11 Å². The number of fused-ring (bicyclic) bond motifs is 1. The van der Waals surface area contributed by atoms with E-state index in [1.807, 2.05) is 0 Å². The SMILES string of the molecule is CC(CO)(CCCCN1Cc2ccccc2C1)NC1CC1. The number of aliphatic hydroxyl groups excluding tert-OH is 1. The van der Waals surface area contributed by atoms with Crippen LogP contribution in [0, 0.1) is 0 Å². The van der Waals surface area contributed by atoms with Gasteiger partial charge < -0.3 is 10.4 Å². The van der Waals surface area contributed by atoms with Gasteiger partial charge in [0.05, 0.1) is 6.61 Å². The first-order valence-corrected chi connectivity index (χ1v) is 8.36. The molecule has 0 saturated heterocycles. The molecule has 1 aliphatic carbocycles. The number of unbranched alkanes of at least 4 members (excludes halogenated alkanes) is 1. The summed E-state index contributed by atoms with van der Waals surface area (Å²) >= 11 is 0. The summed E-state index contributed by atoms with van der Waals surface area (Å²) in [5.74, 6) is 0. The summed E-state index contributed by atoms with van der Waals surface area (Å²) in [6.45, 7) is 5.79. The van der Waals surface area contributed by atoms with Crippen LogP contribution in [0.3, 0.4) is 0 Å². The Labute approximate surface area is 128 Å². The molecule has 3 nitrogen and oxygen atoms in total. The molecule has 1 atom stereocenters. The lowest BCUT2D eigenvalue weighted by molar-refractivity contribution is 0.158. The molecule has 0 amide bonds. The number of rotatable bonds is 8. The van der Waals surface area contributed by atoms with Gasteiger partial charge in [-0.3, -0.25) is 4.90 Å². The molecule has 0 aromatic heterocycles. The largest absolute Gasteiger partial charge is 0.394 e. The van der Waals surface area contributed by atoms with Gasteiger partial charge in [0.25, 0.3) is 0 Å². The number of nitrogens with one attached hydrogen (secondary N) is 1. The summed E-state index contributed by atoms with van der Waals surface area (Å²) in [6.07, 6.45) is 6.03. The van der Waals surface area contributed by atoms with Gasteiger partial charge in [-0.1, -0.05) is 30.7 Å². The zero-order valence-electron chi connectivity index (χ0n) is 13.1. The van der Waals surface area contributed by atoms with Crippen LogP contribution in [0.4, 0.5) is 0 Å². The first-order chi connectivity index (χ1) is 10.2. The van der Waals surface area contributed by atoms with Gasteiger partial charge in [-0.05, 0) is 50.3 Å². The topological polar surface area (TPSA) is 35.5 Å². The number of benzene rings is 1. The summed E-state index contributed by atoms with van der Waals surface area (Å²) in [7, 11) is 0. The fourth-order valence-electron chi connectivity index (χ4n) is 3.33. The van der Waals surface area contributed by atoms with Crippen molar-refractivity contribution in [3.8, 4) is 0 Å². The molecule has 3 rings (SSSR count). The van der Waals surface area contributed by atoms with E-state index >= 15 is 0 Å². The van der Waals surface area contributed by atoms with E-state index in [1.54, 1.807) is 0 Å². The molecule has 0 bridgehead atoms. The summed E-state index contributed by atoms with van der Waals surface area (Å²) in [4.78, 5) is 2.54. The highest BCUT2D eigenvalue weighted by Gasteiger charge is 2.31. The lowest BCUT2D eigenvalue weighted by atomic mass is 9.95. The second kappa shape index (κ2) is 6.47. The van der Waals surface area contributed by atoms with Crippen molar-refractivity contribution in [2.75, 3.05) is 13.2 Å². The van der Waals surface area contributed by atoms with Crippen molar-refractivity contribution in [2.24, 2.45) is 0 Å². The number of hydrogen-bond acceptors (Lipinski definition) is 3. The third kappa shape index (κ3) is 4.06. The van der Waals surface area contributed by atoms with Gasteiger partial charge in [0.15, 0.2) is 0 Å². The van der Waals surface area contributed by atoms with Crippen molar-refractivity contribution in [3.63, 3.8) is 0 Å². The van der Waals surface area contributed by atoms with Crippen LogP contribution in [0.1, 0.15) is 50.2 Å². The van der Waals surface area contributed by atoms with Crippen molar-refractivity contribution < 1.29 is 5.11 Å². The molecule has 1 heterocycles. The van der Waals surface area contributed by atoms with E-state index in [0.717, 1.165) is 19.5 Å². The van der Waals surface area contributed by atoms with Crippen LogP contribution < -0.4 is 5.32 Å². The number of hydrogen-bond donors (Lipinski definition) is 2. The normalized spacial score (nSPS) is 21.2. The second-order valence-corrected chi connectivity index (χ2v) is 7.07. The highest BCUT2D eigenvalue weighted by Crippen LogP contribution is 2.26. The molecule has 1 aliphatic heterocycles. The quantitative estimate of drug-likeness (QED) is 0.722. The third-order valence-electron chi connectivity index (χ3n) is 4.84. The lowest BCUT2D eigenvalue weighted by Crippen LogP contribution is -2.46. The molecule has 3 heteroatoms. The predicted molar refractivity (Wildman–Crippen MR) is 86.1 cm³/mol. The van der Waals surface area contributed by atoms with Gasteiger partial charge >= 0.3 is 0 Å². The van der Waals surface area contributed by atoms with Crippen LogP contribution in [-0.2, 0) is 13.1 Å². The van der Waals surface area contributed by atoms with Crippen LogP contribution in [0.15, 0.2) is 24.3 Å². The highest BCUT2D eigenvalue weighted by atomic mass is 16.3. The molecule has 116 valence electrons. The third-order valence-corrected chi connectivity index (χ3v) is 4.84. The molecular weight excluding hydrogens is 260 g/mol. The van der Waals surface area contributed by atoms with Crippen LogP contribution in [0.5, 0.6) is 0 Å². The molecule has 1 fully saturated rings. The maximum atomic E-state index is 9.62. The Kier molecular flexibility index (Phi) is 4.63. The molecular formula is C18H28N2O. The molecule has 1 aromatic carbocycles.